The van der Waals surface area contributed by atoms with Crippen molar-refractivity contribution in [3.63, 3.8) is 0 Å². The maximum Gasteiger partial charge on any atom is 0.410 e. The van der Waals surface area contributed by atoms with E-state index in [0.29, 0.717) is 0 Å². The number of hydrogen-bond acceptors (Lipinski definition) is 8. The number of benzene rings is 2. The lowest BCUT2D eigenvalue weighted by atomic mass is 9.98. The fourth-order valence-corrected chi connectivity index (χ4v) is 6.86. The first kappa shape index (κ1) is 31.5. The number of nitrogens with one attached hydrogen (secondary N) is 1. The third-order valence-corrected chi connectivity index (χ3v) is 8.69. The van der Waals surface area contributed by atoms with Crippen molar-refractivity contribution in [2.45, 2.75) is 57.7 Å². The van der Waals surface area contributed by atoms with E-state index < -0.39 is 50.5 Å². The third-order valence-electron chi connectivity index (χ3n) is 6.86. The number of ether oxygens (including phenoxy) is 3. The number of carbonyl (C=O) groups is 4. The molecule has 4 rings (SSSR count). The molecule has 2 aromatic rings. The van der Waals surface area contributed by atoms with E-state index in [1.165, 1.54) is 25.9 Å². The summed E-state index contributed by atoms with van der Waals surface area (Å²) in [5.41, 5.74) is 4.23. The number of esters is 2. The monoisotopic (exact) mass is 658 g/mol. The van der Waals surface area contributed by atoms with Gasteiger partial charge in [-0.25, -0.2) is 9.59 Å². The molecule has 1 aliphatic heterocycles. The average Bonchev–Trinajstić information content (AvgIpc) is 3.67. The molecule has 2 aliphatic rings. The second kappa shape index (κ2) is 12.8. The lowest BCUT2D eigenvalue weighted by Crippen LogP contribution is -2.46. The van der Waals surface area contributed by atoms with Crippen molar-refractivity contribution >= 4 is 48.2 Å². The van der Waals surface area contributed by atoms with Crippen LogP contribution in [-0.4, -0.2) is 75.7 Å². The van der Waals surface area contributed by atoms with Crippen LogP contribution in [0.1, 0.15) is 30.9 Å². The molecule has 224 valence electrons. The molecule has 10 nitrogen and oxygen atoms in total. The van der Waals surface area contributed by atoms with Crippen LogP contribution >= 0.6 is 15.9 Å². The highest BCUT2D eigenvalue weighted by atomic mass is 79.9. The number of halogens is 1. The minimum atomic E-state index is -2.31. The fraction of sp³-hybridized carbons (Fsp3) is 0.400. The Balaban J connectivity index is 1.57. The van der Waals surface area contributed by atoms with Gasteiger partial charge >= 0.3 is 18.0 Å². The number of fused-ring (bicyclic) bond motifs is 3. The summed E-state index contributed by atoms with van der Waals surface area (Å²) in [5.74, 6) is -2.10. The smallest absolute Gasteiger partial charge is 0.410 e. The fourth-order valence-electron chi connectivity index (χ4n) is 5.14. The van der Waals surface area contributed by atoms with Crippen molar-refractivity contribution in [3.05, 3.63) is 69.8 Å². The molecule has 1 aliphatic carbocycles. The highest BCUT2D eigenvalue weighted by molar-refractivity contribution is 9.11. The summed E-state index contributed by atoms with van der Waals surface area (Å²) in [6, 6.07) is 15.7. The Bertz CT molecular complexity index is 1380. The van der Waals surface area contributed by atoms with E-state index >= 15 is 0 Å². The lowest BCUT2D eigenvalue weighted by molar-refractivity contribution is -0.149. The topological polar surface area (TPSA) is 120 Å². The van der Waals surface area contributed by atoms with E-state index in [0.717, 1.165) is 22.3 Å². The van der Waals surface area contributed by atoms with E-state index in [2.05, 4.69) is 33.4 Å². The molecule has 2 amide bonds. The second-order valence-corrected chi connectivity index (χ2v) is 16.5. The summed E-state index contributed by atoms with van der Waals surface area (Å²) < 4.78 is 22.8. The van der Waals surface area contributed by atoms with Crippen LogP contribution in [0.2, 0.25) is 19.6 Å². The van der Waals surface area contributed by atoms with Crippen molar-refractivity contribution in [3.8, 4) is 11.1 Å². The predicted molar refractivity (Wildman–Crippen MR) is 161 cm³/mol. The van der Waals surface area contributed by atoms with E-state index in [1.54, 1.807) is 0 Å². The molecule has 0 radical (unpaired) electrons. The normalized spacial score (nSPS) is 17.7. The van der Waals surface area contributed by atoms with Gasteiger partial charge in [0.2, 0.25) is 5.91 Å². The van der Waals surface area contributed by atoms with Gasteiger partial charge in [0.05, 0.1) is 17.6 Å². The van der Waals surface area contributed by atoms with Crippen molar-refractivity contribution in [1.82, 2.24) is 10.2 Å². The van der Waals surface area contributed by atoms with Gasteiger partial charge < -0.3 is 24.0 Å². The quantitative estimate of drug-likeness (QED) is 0.128. The molecule has 1 fully saturated rings. The van der Waals surface area contributed by atoms with Gasteiger partial charge in [0, 0.05) is 26.3 Å². The molecule has 0 aromatic heterocycles. The van der Waals surface area contributed by atoms with E-state index in [1.807, 2.05) is 56.0 Å². The summed E-state index contributed by atoms with van der Waals surface area (Å²) in [5, 5.41) is 2.44. The summed E-state index contributed by atoms with van der Waals surface area (Å²) >= 11 is 3.36. The number of amides is 2. The zero-order chi connectivity index (χ0) is 30.8. The third kappa shape index (κ3) is 7.11. The summed E-state index contributed by atoms with van der Waals surface area (Å²) in [6.07, 6.45) is -2.54. The first-order chi connectivity index (χ1) is 19.8. The van der Waals surface area contributed by atoms with Gasteiger partial charge in [-0.1, -0.05) is 48.5 Å². The highest BCUT2D eigenvalue weighted by Crippen LogP contribution is 2.45. The Kier molecular flexibility index (Phi) is 9.59. The van der Waals surface area contributed by atoms with Gasteiger partial charge in [-0.2, -0.15) is 0 Å². The van der Waals surface area contributed by atoms with Crippen LogP contribution < -0.4 is 5.32 Å². The minimum absolute atomic E-state index is 0.0578. The maximum atomic E-state index is 13.3. The minimum Gasteiger partial charge on any atom is -0.464 e. The Morgan fingerprint density at radius 2 is 1.57 bits per heavy atom. The molecular weight excluding hydrogens is 624 g/mol. The second-order valence-electron chi connectivity index (χ2n) is 11.1. The molecule has 12 heteroatoms. The van der Waals surface area contributed by atoms with Crippen LogP contribution in [0.25, 0.3) is 11.1 Å². The van der Waals surface area contributed by atoms with Gasteiger partial charge in [0.15, 0.2) is 14.4 Å². The molecular formula is C30H35BrN2O8Si. The molecule has 2 aromatic carbocycles. The molecule has 1 saturated heterocycles. The van der Waals surface area contributed by atoms with E-state index in [4.69, 9.17) is 18.6 Å². The van der Waals surface area contributed by atoms with Gasteiger partial charge in [-0.3, -0.25) is 14.5 Å². The van der Waals surface area contributed by atoms with Crippen LogP contribution in [0.5, 0.6) is 0 Å². The molecule has 3 atom stereocenters. The summed E-state index contributed by atoms with van der Waals surface area (Å²) in [4.78, 5) is 51.4. The largest absolute Gasteiger partial charge is 0.464 e. The Hall–Kier alpha value is -3.48. The zero-order valence-corrected chi connectivity index (χ0v) is 27.0. The number of rotatable bonds is 10. The van der Waals surface area contributed by atoms with Gasteiger partial charge in [0.1, 0.15) is 18.4 Å². The van der Waals surface area contributed by atoms with E-state index in [9.17, 15) is 19.2 Å². The molecule has 0 spiro atoms. The summed E-state index contributed by atoms with van der Waals surface area (Å²) in [6.45, 7) is 8.77. The van der Waals surface area contributed by atoms with Crippen LogP contribution in [0, 0.1) is 0 Å². The van der Waals surface area contributed by atoms with Crippen molar-refractivity contribution in [2.24, 2.45) is 0 Å². The van der Waals surface area contributed by atoms with Crippen molar-refractivity contribution in [1.29, 1.82) is 0 Å². The average molecular weight is 660 g/mol. The van der Waals surface area contributed by atoms with Crippen LogP contribution in [0.15, 0.2) is 58.7 Å². The Morgan fingerprint density at radius 1 is 1.00 bits per heavy atom. The molecule has 0 unspecified atom stereocenters. The standard InChI is InChI=1S/C30H35BrN2O8Si/c1-17(34)32-26(29(36)38-3)25(31)28(40-18(2)35)27(41-42(4,5)6)24-15-33(24)30(37)39-16-23-21-13-9-7-11-19(21)20-12-8-10-14-22(20)23/h7-14,23-24,27-28H,15-16H2,1-6H3,(H,32,34)/b26-25+/t24-,27+,28+,33?/m0/s1. The SMILES string of the molecule is COC(=O)/C(NC(C)=O)=C(\Br)[C@@H](OC(C)=O)[C@H](O[Si](C)(C)C)[C@@H]1CN1C(=O)OCC1c2ccccc2-c2ccccc21. The Labute approximate surface area is 254 Å². The van der Waals surface area contributed by atoms with Gasteiger partial charge in [0.25, 0.3) is 0 Å². The molecule has 1 N–H and O–H groups in total. The molecule has 0 bridgehead atoms. The van der Waals surface area contributed by atoms with Gasteiger partial charge in [-0.05, 0) is 57.8 Å². The molecule has 0 saturated carbocycles. The first-order valence-electron chi connectivity index (χ1n) is 13.5. The predicted octanol–water partition coefficient (Wildman–Crippen LogP) is 4.69. The van der Waals surface area contributed by atoms with Crippen LogP contribution in [-0.2, 0) is 33.0 Å². The van der Waals surface area contributed by atoms with Crippen molar-refractivity contribution < 1.29 is 37.8 Å². The molecule has 1 heterocycles. The van der Waals surface area contributed by atoms with Gasteiger partial charge in [-0.15, -0.1) is 0 Å². The Morgan fingerprint density at radius 3 is 2.07 bits per heavy atom. The maximum absolute atomic E-state index is 13.3. The van der Waals surface area contributed by atoms with Crippen LogP contribution in [0.4, 0.5) is 4.79 Å². The van der Waals surface area contributed by atoms with Crippen LogP contribution in [0.3, 0.4) is 0 Å². The molecule has 42 heavy (non-hydrogen) atoms. The number of carbonyl (C=O) groups excluding carboxylic acids is 4. The zero-order valence-electron chi connectivity index (χ0n) is 24.4. The first-order valence-corrected chi connectivity index (χ1v) is 17.7. The van der Waals surface area contributed by atoms with E-state index in [-0.39, 0.29) is 29.2 Å². The summed E-state index contributed by atoms with van der Waals surface area (Å²) in [7, 11) is -1.14. The lowest BCUT2D eigenvalue weighted by Gasteiger charge is -2.32. The number of methoxy groups -OCH3 is 1. The highest BCUT2D eigenvalue weighted by Gasteiger charge is 2.52. The number of nitrogens with zero attached hydrogens (tertiary/aromatic N) is 1. The number of hydrogen-bond donors (Lipinski definition) is 1. The van der Waals surface area contributed by atoms with Crippen molar-refractivity contribution in [2.75, 3.05) is 20.3 Å².